The Morgan fingerprint density at radius 1 is 1.48 bits per heavy atom. The maximum absolute atomic E-state index is 12.2. The van der Waals surface area contributed by atoms with Gasteiger partial charge in [-0.3, -0.25) is 4.79 Å². The van der Waals surface area contributed by atoms with Gasteiger partial charge in [-0.15, -0.1) is 0 Å². The Morgan fingerprint density at radius 2 is 2.13 bits per heavy atom. The first-order valence-electron chi connectivity index (χ1n) is 7.46. The first-order chi connectivity index (χ1) is 10.6. The van der Waals surface area contributed by atoms with Gasteiger partial charge < -0.3 is 15.0 Å². The quantitative estimate of drug-likeness (QED) is 0.338. The Bertz CT molecular complexity index is 627. The minimum absolute atomic E-state index is 0.163. The van der Waals surface area contributed by atoms with E-state index in [9.17, 15) is 13.2 Å². The van der Waals surface area contributed by atoms with Crippen LogP contribution in [0.25, 0.3) is 0 Å². The molecule has 0 saturated heterocycles. The molecule has 23 heavy (non-hydrogen) atoms. The Labute approximate surface area is 151 Å². The van der Waals surface area contributed by atoms with Crippen LogP contribution in [0.3, 0.4) is 0 Å². The fourth-order valence-corrected chi connectivity index (χ4v) is 3.26. The average molecular weight is 456 g/mol. The molecule has 0 amide bonds. The molecule has 1 atom stereocenters. The van der Waals surface area contributed by atoms with Crippen LogP contribution in [0.4, 0.5) is 0 Å². The highest BCUT2D eigenvalue weighted by Crippen LogP contribution is 2.23. The zero-order chi connectivity index (χ0) is 17.7. The molecule has 2 N–H and O–H groups in total. The summed E-state index contributed by atoms with van der Waals surface area (Å²) in [5.41, 5.74) is 1.01. The van der Waals surface area contributed by atoms with Crippen LogP contribution < -0.4 is 5.32 Å². The maximum Gasteiger partial charge on any atom is 0.327 e. The molecule has 1 aromatic rings. The molecule has 0 spiro atoms. The number of aromatic nitrogens is 1. The first kappa shape index (κ1) is 20.4. The van der Waals surface area contributed by atoms with Gasteiger partial charge in [0.2, 0.25) is 0 Å². The number of hydrogen-bond acceptors (Lipinski definition) is 5. The van der Waals surface area contributed by atoms with Crippen molar-refractivity contribution in [2.24, 2.45) is 5.92 Å². The summed E-state index contributed by atoms with van der Waals surface area (Å²) in [6.45, 7) is 6.46. The van der Waals surface area contributed by atoms with E-state index in [1.54, 1.807) is 0 Å². The predicted molar refractivity (Wildman–Crippen MR) is 98.9 cm³/mol. The Kier molecular flexibility index (Phi) is 7.53. The summed E-state index contributed by atoms with van der Waals surface area (Å²) >= 11 is 2.21. The number of carbonyl (C=O) groups is 1. The van der Waals surface area contributed by atoms with Crippen molar-refractivity contribution in [1.82, 2.24) is 10.3 Å². The van der Waals surface area contributed by atoms with Crippen LogP contribution in [0.15, 0.2) is 12.3 Å². The standard InChI is InChI=1S/C15H25IN2O4S/c1-11(2)10-22-14(19)15(3,23(4,20)21)5-6-17-9-13-7-12(16)8-18-13/h7-8,11,17-18H,5-6,9-10H2,1-4H3. The number of H-pyrrole nitrogens is 1. The van der Waals surface area contributed by atoms with Crippen LogP contribution in [-0.2, 0) is 25.9 Å². The Balaban J connectivity index is 2.62. The van der Waals surface area contributed by atoms with Gasteiger partial charge >= 0.3 is 5.97 Å². The molecule has 0 saturated carbocycles. The predicted octanol–water partition coefficient (Wildman–Crippen LogP) is 2.10. The van der Waals surface area contributed by atoms with E-state index in [-0.39, 0.29) is 18.9 Å². The number of esters is 1. The lowest BCUT2D eigenvalue weighted by molar-refractivity contribution is -0.147. The van der Waals surface area contributed by atoms with Gasteiger partial charge in [0.25, 0.3) is 0 Å². The first-order valence-corrected chi connectivity index (χ1v) is 10.4. The van der Waals surface area contributed by atoms with Crippen LogP contribution in [0, 0.1) is 9.49 Å². The molecule has 132 valence electrons. The number of hydrogen-bond donors (Lipinski definition) is 2. The van der Waals surface area contributed by atoms with Gasteiger partial charge in [-0.2, -0.15) is 0 Å². The fourth-order valence-electron chi connectivity index (χ4n) is 1.90. The van der Waals surface area contributed by atoms with Crippen molar-refractivity contribution in [2.75, 3.05) is 19.4 Å². The SMILES string of the molecule is CC(C)COC(=O)C(C)(CCNCc1cc(I)c[nH]1)S(C)(=O)=O. The van der Waals surface area contributed by atoms with E-state index in [1.165, 1.54) is 6.92 Å². The molecular formula is C15H25IN2O4S. The number of ether oxygens (including phenoxy) is 1. The highest BCUT2D eigenvalue weighted by molar-refractivity contribution is 14.1. The van der Waals surface area contributed by atoms with Crippen LogP contribution in [0.5, 0.6) is 0 Å². The Hall–Kier alpha value is -0.610. The summed E-state index contributed by atoms with van der Waals surface area (Å²) in [5, 5.41) is 3.16. The van der Waals surface area contributed by atoms with Gasteiger partial charge in [-0.1, -0.05) is 13.8 Å². The third-order valence-corrected chi connectivity index (χ3v) is 6.23. The van der Waals surface area contributed by atoms with Crippen molar-refractivity contribution in [3.8, 4) is 0 Å². The summed E-state index contributed by atoms with van der Waals surface area (Å²) in [4.78, 5) is 15.4. The monoisotopic (exact) mass is 456 g/mol. The van der Waals surface area contributed by atoms with Crippen molar-refractivity contribution in [2.45, 2.75) is 38.5 Å². The molecule has 0 aliphatic rings. The third kappa shape index (κ3) is 6.07. The number of aromatic amines is 1. The van der Waals surface area contributed by atoms with Crippen molar-refractivity contribution < 1.29 is 17.9 Å². The van der Waals surface area contributed by atoms with Gasteiger partial charge in [0.05, 0.1) is 6.61 Å². The second-order valence-corrected chi connectivity index (χ2v) is 9.96. The molecule has 8 heteroatoms. The molecule has 0 fully saturated rings. The van der Waals surface area contributed by atoms with E-state index >= 15 is 0 Å². The largest absolute Gasteiger partial charge is 0.464 e. The summed E-state index contributed by atoms with van der Waals surface area (Å²) in [6, 6.07) is 2.00. The molecule has 0 aromatic carbocycles. The molecule has 1 rings (SSSR count). The van der Waals surface area contributed by atoms with Crippen molar-refractivity contribution in [3.63, 3.8) is 0 Å². The highest BCUT2D eigenvalue weighted by atomic mass is 127. The lowest BCUT2D eigenvalue weighted by Crippen LogP contribution is -2.46. The summed E-state index contributed by atoms with van der Waals surface area (Å²) in [6.07, 6.45) is 3.14. The lowest BCUT2D eigenvalue weighted by Gasteiger charge is -2.26. The molecule has 0 aliphatic carbocycles. The van der Waals surface area contributed by atoms with Crippen LogP contribution in [-0.4, -0.2) is 43.5 Å². The lowest BCUT2D eigenvalue weighted by atomic mass is 10.1. The minimum Gasteiger partial charge on any atom is -0.464 e. The number of halogens is 1. The van der Waals surface area contributed by atoms with Crippen molar-refractivity contribution in [3.05, 3.63) is 21.5 Å². The fraction of sp³-hybridized carbons (Fsp3) is 0.667. The molecule has 0 bridgehead atoms. The van der Waals surface area contributed by atoms with E-state index in [2.05, 4.69) is 32.9 Å². The topological polar surface area (TPSA) is 88.3 Å². The van der Waals surface area contributed by atoms with Crippen LogP contribution in [0.2, 0.25) is 0 Å². The molecule has 6 nitrogen and oxygen atoms in total. The number of carbonyl (C=O) groups excluding carboxylic acids is 1. The van der Waals surface area contributed by atoms with E-state index in [4.69, 9.17) is 4.74 Å². The number of rotatable bonds is 9. The van der Waals surface area contributed by atoms with Gasteiger partial charge in [-0.25, -0.2) is 8.42 Å². The summed E-state index contributed by atoms with van der Waals surface area (Å²) in [7, 11) is -3.58. The second kappa shape index (κ2) is 8.48. The minimum atomic E-state index is -3.58. The third-order valence-electron chi connectivity index (χ3n) is 3.60. The maximum atomic E-state index is 12.2. The molecular weight excluding hydrogens is 431 g/mol. The molecule has 1 unspecified atom stereocenters. The average Bonchev–Trinajstić information content (AvgIpc) is 2.85. The number of nitrogens with one attached hydrogen (secondary N) is 2. The zero-order valence-corrected chi connectivity index (χ0v) is 17.0. The van der Waals surface area contributed by atoms with E-state index in [0.29, 0.717) is 13.1 Å². The van der Waals surface area contributed by atoms with Crippen LogP contribution >= 0.6 is 22.6 Å². The van der Waals surface area contributed by atoms with Crippen molar-refractivity contribution in [1.29, 1.82) is 0 Å². The highest BCUT2D eigenvalue weighted by Gasteiger charge is 2.44. The van der Waals surface area contributed by atoms with E-state index < -0.39 is 20.6 Å². The number of sulfone groups is 1. The second-order valence-electron chi connectivity index (χ2n) is 6.27. The molecule has 1 heterocycles. The van der Waals surface area contributed by atoms with Crippen molar-refractivity contribution >= 4 is 38.4 Å². The van der Waals surface area contributed by atoms with Gasteiger partial charge in [0.15, 0.2) is 14.6 Å². The smallest absolute Gasteiger partial charge is 0.327 e. The molecule has 0 radical (unpaired) electrons. The molecule has 0 aliphatic heterocycles. The molecule has 1 aromatic heterocycles. The van der Waals surface area contributed by atoms with Gasteiger partial charge in [0.1, 0.15) is 0 Å². The van der Waals surface area contributed by atoms with E-state index in [0.717, 1.165) is 15.5 Å². The Morgan fingerprint density at radius 3 is 2.61 bits per heavy atom. The summed E-state index contributed by atoms with van der Waals surface area (Å²) in [5.74, 6) is -0.513. The normalized spacial score (nSPS) is 14.7. The van der Waals surface area contributed by atoms with Crippen LogP contribution in [0.1, 0.15) is 32.9 Å². The zero-order valence-electron chi connectivity index (χ0n) is 14.0. The summed E-state index contributed by atoms with van der Waals surface area (Å²) < 4.78 is 28.9. The van der Waals surface area contributed by atoms with Gasteiger partial charge in [0, 0.05) is 28.3 Å². The van der Waals surface area contributed by atoms with E-state index in [1.807, 2.05) is 26.1 Å². The van der Waals surface area contributed by atoms with Gasteiger partial charge in [-0.05, 0) is 54.5 Å².